The van der Waals surface area contributed by atoms with Crippen molar-refractivity contribution in [2.75, 3.05) is 27.9 Å². The van der Waals surface area contributed by atoms with Gasteiger partial charge in [-0.1, -0.05) is 84.4 Å². The van der Waals surface area contributed by atoms with Crippen LogP contribution in [0.25, 0.3) is 0 Å². The molecule has 4 aliphatic rings. The van der Waals surface area contributed by atoms with E-state index in [-0.39, 0.29) is 54.8 Å². The first kappa shape index (κ1) is 55.3. The van der Waals surface area contributed by atoms with Gasteiger partial charge in [0.1, 0.15) is 30.1 Å². The maximum atomic E-state index is 14.4. The van der Waals surface area contributed by atoms with Crippen molar-refractivity contribution in [2.45, 2.75) is 187 Å². The number of piperidine rings is 1. The van der Waals surface area contributed by atoms with Crippen molar-refractivity contribution in [2.24, 2.45) is 41.4 Å². The van der Waals surface area contributed by atoms with Crippen LogP contribution < -0.4 is 0 Å². The van der Waals surface area contributed by atoms with Crippen LogP contribution >= 0.6 is 0 Å². The maximum Gasteiger partial charge on any atom is 0.329 e. The highest BCUT2D eigenvalue weighted by Crippen LogP contribution is 2.39. The molecule has 372 valence electrons. The summed E-state index contributed by atoms with van der Waals surface area (Å²) in [4.78, 5) is 72.1. The van der Waals surface area contributed by atoms with Gasteiger partial charge in [-0.05, 0) is 113 Å². The van der Waals surface area contributed by atoms with E-state index < -0.39 is 77.8 Å². The van der Waals surface area contributed by atoms with Gasteiger partial charge < -0.3 is 38.8 Å². The lowest BCUT2D eigenvalue weighted by atomic mass is 9.74. The number of hydrogen-bond donors (Lipinski definition) is 2. The molecule has 1 amide bonds. The highest BCUT2D eigenvalue weighted by Gasteiger charge is 2.53. The van der Waals surface area contributed by atoms with Gasteiger partial charge in [0, 0.05) is 58.5 Å². The van der Waals surface area contributed by atoms with Crippen molar-refractivity contribution >= 4 is 29.2 Å². The molecule has 4 rings (SSSR count). The van der Waals surface area contributed by atoms with Crippen LogP contribution in [0.4, 0.5) is 0 Å². The monoisotopic (exact) mass is 926 g/mol. The van der Waals surface area contributed by atoms with Crippen LogP contribution in [0.15, 0.2) is 47.6 Å². The van der Waals surface area contributed by atoms with Crippen LogP contribution in [0.2, 0.25) is 0 Å². The molecule has 0 aromatic rings. The van der Waals surface area contributed by atoms with Gasteiger partial charge in [0.25, 0.3) is 11.7 Å². The van der Waals surface area contributed by atoms with Gasteiger partial charge in [0.2, 0.25) is 5.79 Å². The average Bonchev–Trinajstić information content (AvgIpc) is 3.30. The number of carbonyl (C=O) groups excluding carboxylic acids is 5. The largest absolute Gasteiger partial charge is 0.460 e. The van der Waals surface area contributed by atoms with Crippen molar-refractivity contribution in [3.8, 4) is 0 Å². The van der Waals surface area contributed by atoms with Gasteiger partial charge in [-0.15, -0.1) is 0 Å². The summed E-state index contributed by atoms with van der Waals surface area (Å²) in [5.41, 5.74) is 1.30. The molecule has 0 aromatic heterocycles. The summed E-state index contributed by atoms with van der Waals surface area (Å²) in [6.45, 7) is 15.1. The fourth-order valence-electron chi connectivity index (χ4n) is 10.7. The number of aliphatic hydroxyl groups is 2. The molecule has 66 heavy (non-hydrogen) atoms. The summed E-state index contributed by atoms with van der Waals surface area (Å²) >= 11 is 0. The van der Waals surface area contributed by atoms with E-state index in [1.165, 1.54) is 12.0 Å². The molecule has 2 saturated heterocycles. The number of hydrogen-bond acceptors (Lipinski definition) is 12. The first-order valence-corrected chi connectivity index (χ1v) is 24.8. The second-order valence-corrected chi connectivity index (χ2v) is 20.2. The van der Waals surface area contributed by atoms with E-state index >= 15 is 0 Å². The molecule has 13 nitrogen and oxygen atoms in total. The topological polar surface area (TPSA) is 175 Å². The summed E-state index contributed by atoms with van der Waals surface area (Å²) in [5, 5.41) is 23.4. The molecule has 3 fully saturated rings. The van der Waals surface area contributed by atoms with Gasteiger partial charge in [-0.25, -0.2) is 4.79 Å². The zero-order valence-electron chi connectivity index (χ0n) is 41.9. The standard InChI is InChI=1S/C53H83NO12/c1-12-40-23-22-39(29-46(40)63-10)28-35(5)45-31-43(55)34(4)27-37(7)48(57)49(64-11)47(56)36(6)26-32(2)18-14-13-15-19-33(3)44(62-9)30-41-24-21-38(8)53(61,66-41)50(58)51(59)54-25-17-16-20-42(54)52(60)65-45/h13-15,18-19,27,32,34-36,38-42,44-46,48-49,57,61H,12,16-17,20-26,28-31H2,1-11H3/b15-13+,18-14+,33-19+,37-27+/t32-,34-,35-,36-,38-,39?,40-,41+,42+,44+,45?,46-,48-,49+,53-/m1/s1. The predicted molar refractivity (Wildman–Crippen MR) is 253 cm³/mol. The quantitative estimate of drug-likeness (QED) is 0.144. The minimum Gasteiger partial charge on any atom is -0.460 e. The van der Waals surface area contributed by atoms with Crippen LogP contribution in [0.1, 0.15) is 139 Å². The Morgan fingerprint density at radius 1 is 0.864 bits per heavy atom. The number of cyclic esters (lactones) is 1. The molecule has 13 heteroatoms. The SMILES string of the molecule is CC[C@@H]1CCC(C[C@@H](C)C2CC(=O)[C@H](C)/C=C(\C)[C@@H](O)[C@@H](OC)C(=O)[C@H](C)C[C@H](C)/C=C/C=C/C=C(\C)[C@@H](OC)C[C@@H]3CC[C@@H](C)[C@@](O)(O3)C(=O)C(=O)N3CCCC[C@H]3C(=O)O2)C[C@H]1OC. The van der Waals surface area contributed by atoms with Crippen molar-refractivity contribution in [3.63, 3.8) is 0 Å². The van der Waals surface area contributed by atoms with Crippen LogP contribution in [-0.4, -0.2) is 121 Å². The second-order valence-electron chi connectivity index (χ2n) is 20.2. The van der Waals surface area contributed by atoms with Crippen LogP contribution in [0.3, 0.4) is 0 Å². The number of amides is 1. The number of ketones is 3. The highest BCUT2D eigenvalue weighted by molar-refractivity contribution is 6.39. The molecule has 1 aliphatic carbocycles. The maximum absolute atomic E-state index is 14.4. The molecular formula is C53H83NO12. The smallest absolute Gasteiger partial charge is 0.329 e. The second kappa shape index (κ2) is 25.9. The minimum absolute atomic E-state index is 0.0301. The third-order valence-corrected chi connectivity index (χ3v) is 15.2. The Bertz CT molecular complexity index is 1770. The Hall–Kier alpha value is -3.33. The summed E-state index contributed by atoms with van der Waals surface area (Å²) in [5.74, 6) is -7.01. The zero-order chi connectivity index (χ0) is 48.9. The van der Waals surface area contributed by atoms with Gasteiger partial charge in [0.05, 0.1) is 18.3 Å². The van der Waals surface area contributed by atoms with E-state index in [0.29, 0.717) is 56.4 Å². The summed E-state index contributed by atoms with van der Waals surface area (Å²) in [7, 11) is 4.73. The molecule has 3 aliphatic heterocycles. The predicted octanol–water partition coefficient (Wildman–Crippen LogP) is 7.85. The molecule has 2 N–H and O–H groups in total. The normalized spacial score (nSPS) is 40.0. The van der Waals surface area contributed by atoms with Crippen molar-refractivity contribution < 1.29 is 57.9 Å². The van der Waals surface area contributed by atoms with Crippen molar-refractivity contribution in [3.05, 3.63) is 47.6 Å². The first-order chi connectivity index (χ1) is 31.3. The summed E-state index contributed by atoms with van der Waals surface area (Å²) < 4.78 is 29.8. The van der Waals surface area contributed by atoms with Crippen LogP contribution in [0.5, 0.6) is 0 Å². The minimum atomic E-state index is -2.41. The lowest BCUT2D eigenvalue weighted by Gasteiger charge is -2.42. The molecule has 2 bridgehead atoms. The number of methoxy groups -OCH3 is 3. The molecule has 15 atom stereocenters. The van der Waals surface area contributed by atoms with E-state index in [2.05, 4.69) is 6.92 Å². The van der Waals surface area contributed by atoms with E-state index in [4.69, 9.17) is 23.7 Å². The van der Waals surface area contributed by atoms with E-state index in [0.717, 1.165) is 31.3 Å². The summed E-state index contributed by atoms with van der Waals surface area (Å²) in [6, 6.07) is -1.11. The number of aliphatic hydroxyl groups excluding tert-OH is 1. The lowest BCUT2D eigenvalue weighted by Crippen LogP contribution is -2.61. The lowest BCUT2D eigenvalue weighted by molar-refractivity contribution is -0.265. The number of carbonyl (C=O) groups is 5. The number of ether oxygens (including phenoxy) is 5. The van der Waals surface area contributed by atoms with Crippen LogP contribution in [0, 0.1) is 41.4 Å². The number of allylic oxidation sites excluding steroid dienone is 6. The third kappa shape index (κ3) is 14.4. The fraction of sp³-hybridized carbons (Fsp3) is 0.755. The van der Waals surface area contributed by atoms with Gasteiger partial charge in [0.15, 0.2) is 5.78 Å². The average molecular weight is 926 g/mol. The van der Waals surface area contributed by atoms with Gasteiger partial charge in [-0.2, -0.15) is 0 Å². The van der Waals surface area contributed by atoms with Crippen molar-refractivity contribution in [1.82, 2.24) is 4.90 Å². The fourth-order valence-corrected chi connectivity index (χ4v) is 10.7. The molecule has 0 spiro atoms. The Balaban J connectivity index is 1.70. The number of rotatable bonds is 7. The number of Topliss-reactive ketones (excluding diaryl/α,β-unsaturated/α-hetero) is 3. The third-order valence-electron chi connectivity index (χ3n) is 15.2. The molecule has 0 aromatic carbocycles. The van der Waals surface area contributed by atoms with Crippen molar-refractivity contribution in [1.29, 1.82) is 0 Å². The Kier molecular flexibility index (Phi) is 21.7. The Labute approximate surface area is 395 Å². The number of nitrogens with zero attached hydrogens (tertiary/aromatic N) is 1. The first-order valence-electron chi connectivity index (χ1n) is 24.8. The summed E-state index contributed by atoms with van der Waals surface area (Å²) in [6.07, 6.45) is 14.7. The molecular weight excluding hydrogens is 843 g/mol. The van der Waals surface area contributed by atoms with E-state index in [1.54, 1.807) is 41.1 Å². The number of esters is 1. The van der Waals surface area contributed by atoms with E-state index in [1.807, 2.05) is 58.1 Å². The van der Waals surface area contributed by atoms with Crippen LogP contribution in [-0.2, 0) is 47.7 Å². The molecule has 1 saturated carbocycles. The highest BCUT2D eigenvalue weighted by atomic mass is 16.6. The molecule has 0 radical (unpaired) electrons. The molecule has 2 unspecified atom stereocenters. The van der Waals surface area contributed by atoms with Gasteiger partial charge >= 0.3 is 5.97 Å². The molecule has 3 heterocycles. The zero-order valence-corrected chi connectivity index (χ0v) is 41.9. The Morgan fingerprint density at radius 3 is 2.26 bits per heavy atom. The Morgan fingerprint density at radius 2 is 1.59 bits per heavy atom. The van der Waals surface area contributed by atoms with E-state index in [9.17, 15) is 34.2 Å². The van der Waals surface area contributed by atoms with Gasteiger partial charge in [-0.3, -0.25) is 19.2 Å². The number of fused-ring (bicyclic) bond motifs is 3.